The first kappa shape index (κ1) is 70.5. The van der Waals surface area contributed by atoms with Crippen molar-refractivity contribution in [3.05, 3.63) is 68.8 Å². The molecule has 0 radical (unpaired) electrons. The van der Waals surface area contributed by atoms with Crippen LogP contribution in [0.5, 0.6) is 11.5 Å². The third-order valence-corrected chi connectivity index (χ3v) is 24.7. The molecule has 2 aromatic carbocycles. The number of primary amides is 2. The molecule has 492 valence electrons. The van der Waals surface area contributed by atoms with E-state index in [4.69, 9.17) is 32.5 Å². The summed E-state index contributed by atoms with van der Waals surface area (Å²) in [6.07, 6.45) is 17.3. The summed E-state index contributed by atoms with van der Waals surface area (Å²) in [4.78, 5) is 67.8. The summed E-state index contributed by atoms with van der Waals surface area (Å²) in [5, 5.41) is 54.1. The van der Waals surface area contributed by atoms with E-state index in [1.165, 1.54) is 93.8 Å². The van der Waals surface area contributed by atoms with Gasteiger partial charge in [-0.05, 0) is 252 Å². The molecule has 0 spiro atoms. The maximum Gasteiger partial charge on any atom is 0.514 e. The fourth-order valence-corrected chi connectivity index (χ4v) is 20.0. The Morgan fingerprint density at radius 2 is 0.966 bits per heavy atom. The fraction of sp³-hybridized carbons (Fsp3) is 0.765. The highest BCUT2D eigenvalue weighted by Gasteiger charge is 2.65. The van der Waals surface area contributed by atoms with Crippen LogP contribution in [0, 0.1) is 113 Å². The molecule has 8 aliphatic rings. The van der Waals surface area contributed by atoms with E-state index in [9.17, 15) is 54.7 Å². The average Bonchev–Trinajstić information content (AvgIpc) is 1.30. The van der Waals surface area contributed by atoms with Gasteiger partial charge in [0.25, 0.3) is 11.4 Å². The number of nitrogens with two attached hydrogens (primary N) is 2. The zero-order valence-corrected chi connectivity index (χ0v) is 54.6. The Hall–Kier alpha value is -4.95. The van der Waals surface area contributed by atoms with Gasteiger partial charge in [0, 0.05) is 48.7 Å². The van der Waals surface area contributed by atoms with Gasteiger partial charge in [0.2, 0.25) is 11.8 Å². The van der Waals surface area contributed by atoms with E-state index in [0.717, 1.165) is 83.5 Å². The molecule has 0 aromatic heterocycles. The third-order valence-electron chi connectivity index (χ3n) is 24.6. The predicted molar refractivity (Wildman–Crippen MR) is 337 cm³/mol. The standard InChI is InChI=1S/C31H44N2O7.C24H41NO3.C7H4ClNO4.C6H15N/c1-18(4-11-27(32)35)23-9-10-24-28-25(13-15-31(23,24)3)30(2)14-12-22(16-19(30)17-26(28)34)40-29(36)39-21-7-5-20(6-8-21)33(37)38;1-14(4-7-21(25)28)17-5-6-18-22-19(9-11-24(17,18)3)23(2)10-8-16(26)12-15(23)13-20(22)27;8-7(10)13-6-3-1-5(2-4-6)9(11)12;1-4-7(5-2)6-3/h5-8,18-19,22-26,28,34H,4,9-17H2,1-3H3,(H2,32,35);14-20,22,26-27H,4-13H2,1-3H3,(H2,25,28);1-4H;4-6H2,1-3H3/t18-,19+,22-,23-,24+,25+,26-,28+,30+,31-;14-,15+,16-,17-,18+,19+,20-,22+,23+,24-;;/m11../s1. The molecular formula is C68H104ClN5O14. The minimum Gasteiger partial charge on any atom is -0.431 e. The number of amides is 2. The molecule has 0 saturated heterocycles. The number of nitro groups is 2. The number of non-ortho nitro benzene ring substituents is 2. The molecule has 19 nitrogen and oxygen atoms in total. The summed E-state index contributed by atoms with van der Waals surface area (Å²) in [5.74, 6) is 5.74. The average molecular weight is 1250 g/mol. The number of fused-ring (bicyclic) bond motifs is 10. The first-order valence-electron chi connectivity index (χ1n) is 33.1. The second-order valence-electron chi connectivity index (χ2n) is 28.8. The van der Waals surface area contributed by atoms with Crippen molar-refractivity contribution in [2.45, 2.75) is 215 Å². The number of ether oxygens (including phenoxy) is 3. The van der Waals surface area contributed by atoms with Gasteiger partial charge in [-0.15, -0.1) is 0 Å². The molecule has 2 aromatic rings. The highest BCUT2D eigenvalue weighted by atomic mass is 35.5. The van der Waals surface area contributed by atoms with Gasteiger partial charge in [-0.3, -0.25) is 29.8 Å². The maximum atomic E-state index is 12.5. The van der Waals surface area contributed by atoms with Crippen molar-refractivity contribution < 1.29 is 58.6 Å². The van der Waals surface area contributed by atoms with Gasteiger partial charge in [-0.1, -0.05) is 62.3 Å². The van der Waals surface area contributed by atoms with Crippen LogP contribution in [-0.4, -0.2) is 97.5 Å². The smallest absolute Gasteiger partial charge is 0.431 e. The van der Waals surface area contributed by atoms with Gasteiger partial charge >= 0.3 is 11.6 Å². The lowest BCUT2D eigenvalue weighted by molar-refractivity contribution is -0.385. The number of hydrogen-bond donors (Lipinski definition) is 5. The summed E-state index contributed by atoms with van der Waals surface area (Å²) >= 11 is 4.92. The normalized spacial score (nSPS) is 36.5. The monoisotopic (exact) mass is 1250 g/mol. The number of carbonyl (C=O) groups is 4. The van der Waals surface area contributed by atoms with Gasteiger partial charge in [0.1, 0.15) is 17.6 Å². The maximum absolute atomic E-state index is 12.5. The van der Waals surface area contributed by atoms with Crippen molar-refractivity contribution >= 4 is 46.4 Å². The zero-order chi connectivity index (χ0) is 64.6. The van der Waals surface area contributed by atoms with E-state index in [0.29, 0.717) is 83.9 Å². The van der Waals surface area contributed by atoms with Crippen LogP contribution in [0.1, 0.15) is 191 Å². The molecule has 8 saturated carbocycles. The Labute approximate surface area is 526 Å². The van der Waals surface area contributed by atoms with E-state index >= 15 is 0 Å². The number of nitro benzene ring substituents is 2. The van der Waals surface area contributed by atoms with Crippen LogP contribution in [0.4, 0.5) is 21.0 Å². The quantitative estimate of drug-likeness (QED) is 0.0343. The van der Waals surface area contributed by atoms with Crippen molar-refractivity contribution in [2.24, 2.45) is 104 Å². The van der Waals surface area contributed by atoms with Crippen molar-refractivity contribution in [3.63, 3.8) is 0 Å². The molecule has 20 heteroatoms. The number of rotatable bonds is 16. The lowest BCUT2D eigenvalue weighted by Gasteiger charge is -2.62. The first-order chi connectivity index (χ1) is 41.5. The second kappa shape index (κ2) is 30.0. The summed E-state index contributed by atoms with van der Waals surface area (Å²) < 4.78 is 15.4. The third kappa shape index (κ3) is 15.8. The van der Waals surface area contributed by atoms with E-state index in [-0.39, 0.29) is 87.2 Å². The predicted octanol–water partition coefficient (Wildman–Crippen LogP) is 13.6. The van der Waals surface area contributed by atoms with Gasteiger partial charge in [-0.2, -0.15) is 0 Å². The SMILES string of the molecule is CCN(CC)CC.C[C@H](CCC(N)=O)[C@H]1CC[C@H]2[C@@H]3[C@H](O)C[C@@H]4C[C@H](O)CC[C@]4(C)[C@H]3CC[C@]12C.C[C@H](CCC(N)=O)[C@H]1CC[C@H]2[C@@H]3[C@H](O)C[C@@H]4C[C@H](OC(=O)Oc5ccc([N+](=O)[O-])cc5)CC[C@]4(C)[C@H]3CC[C@]12C.O=C(Cl)Oc1ccc([N+](=O)[O-])cc1. The highest BCUT2D eigenvalue weighted by molar-refractivity contribution is 6.61. The molecule has 7 N–H and O–H groups in total. The van der Waals surface area contributed by atoms with Crippen molar-refractivity contribution in [2.75, 3.05) is 19.6 Å². The van der Waals surface area contributed by atoms with Crippen LogP contribution in [-0.2, 0) is 14.3 Å². The van der Waals surface area contributed by atoms with E-state index in [1.807, 2.05) is 0 Å². The number of aliphatic hydroxyl groups excluding tert-OH is 3. The van der Waals surface area contributed by atoms with Crippen LogP contribution in [0.25, 0.3) is 0 Å². The molecule has 0 aliphatic heterocycles. The lowest BCUT2D eigenvalue weighted by Crippen LogP contribution is -2.58. The zero-order valence-electron chi connectivity index (χ0n) is 53.8. The molecule has 0 unspecified atom stereocenters. The van der Waals surface area contributed by atoms with Gasteiger partial charge < -0.3 is 45.9 Å². The minimum atomic E-state index is -0.978. The van der Waals surface area contributed by atoms with E-state index in [2.05, 4.69) is 72.0 Å². The topological polar surface area (TPSA) is 298 Å². The number of hydrogen-bond acceptors (Lipinski definition) is 15. The Kier molecular flexibility index (Phi) is 24.0. The number of halogens is 1. The minimum absolute atomic E-state index is 0.0739. The summed E-state index contributed by atoms with van der Waals surface area (Å²) in [6.45, 7) is 24.5. The van der Waals surface area contributed by atoms with Crippen molar-refractivity contribution in [1.82, 2.24) is 4.90 Å². The Morgan fingerprint density at radius 3 is 1.35 bits per heavy atom. The van der Waals surface area contributed by atoms with Crippen molar-refractivity contribution in [1.29, 1.82) is 0 Å². The summed E-state index contributed by atoms with van der Waals surface area (Å²) in [7, 11) is 0. The molecule has 8 aliphatic carbocycles. The molecule has 2 amide bonds. The fourth-order valence-electron chi connectivity index (χ4n) is 19.9. The molecule has 0 heterocycles. The van der Waals surface area contributed by atoms with Crippen LogP contribution in [0.15, 0.2) is 48.5 Å². The lowest BCUT2D eigenvalue weighted by atomic mass is 9.43. The van der Waals surface area contributed by atoms with E-state index < -0.39 is 21.4 Å². The Balaban J connectivity index is 0.000000197. The van der Waals surface area contributed by atoms with Gasteiger partial charge in [-0.25, -0.2) is 9.59 Å². The molecule has 10 rings (SSSR count). The molecular weight excluding hydrogens is 1150 g/mol. The number of aliphatic hydroxyl groups is 3. The largest absolute Gasteiger partial charge is 0.514 e. The molecule has 20 atom stereocenters. The van der Waals surface area contributed by atoms with Crippen LogP contribution >= 0.6 is 11.6 Å². The van der Waals surface area contributed by atoms with Crippen LogP contribution in [0.2, 0.25) is 0 Å². The number of nitrogens with zero attached hydrogens (tertiary/aromatic N) is 3. The van der Waals surface area contributed by atoms with Crippen molar-refractivity contribution in [3.8, 4) is 11.5 Å². The molecule has 88 heavy (non-hydrogen) atoms. The summed E-state index contributed by atoms with van der Waals surface area (Å²) in [6, 6.07) is 10.4. The van der Waals surface area contributed by atoms with Gasteiger partial charge in [0.05, 0.1) is 28.2 Å². The Bertz CT molecular complexity index is 2700. The molecule has 0 bridgehead atoms. The highest BCUT2D eigenvalue weighted by Crippen LogP contribution is 2.70. The van der Waals surface area contributed by atoms with E-state index in [1.54, 1.807) is 0 Å². The second-order valence-corrected chi connectivity index (χ2v) is 29.1. The summed E-state index contributed by atoms with van der Waals surface area (Å²) in [5.41, 5.74) is 10.6. The van der Waals surface area contributed by atoms with Crippen LogP contribution < -0.4 is 20.9 Å². The van der Waals surface area contributed by atoms with Gasteiger partial charge in [0.15, 0.2) is 0 Å². The Morgan fingerprint density at radius 1 is 0.580 bits per heavy atom. The number of benzene rings is 2. The molecule has 8 fully saturated rings. The number of carbonyl (C=O) groups excluding carboxylic acids is 4. The van der Waals surface area contributed by atoms with Crippen LogP contribution in [0.3, 0.4) is 0 Å². The first-order valence-corrected chi connectivity index (χ1v) is 33.5.